The highest BCUT2D eigenvalue weighted by atomic mass is 35.5. The minimum atomic E-state index is -0.168. The average Bonchev–Trinajstić information content (AvgIpc) is 3.09. The zero-order chi connectivity index (χ0) is 20.1. The number of rotatable bonds is 6. The van der Waals surface area contributed by atoms with Crippen LogP contribution >= 0.6 is 11.6 Å². The number of carbonyl (C=O) groups excluding carboxylic acids is 1. The van der Waals surface area contributed by atoms with Gasteiger partial charge in [-0.2, -0.15) is 0 Å². The van der Waals surface area contributed by atoms with Gasteiger partial charge in [0, 0.05) is 30.0 Å². The third-order valence-electron chi connectivity index (χ3n) is 4.59. The quantitative estimate of drug-likeness (QED) is 0.662. The molecule has 0 radical (unpaired) electrons. The van der Waals surface area contributed by atoms with Crippen molar-refractivity contribution in [2.45, 2.75) is 46.3 Å². The molecule has 0 unspecified atom stereocenters. The van der Waals surface area contributed by atoms with E-state index in [9.17, 15) is 4.79 Å². The lowest BCUT2D eigenvalue weighted by Gasteiger charge is -2.28. The molecule has 0 aromatic heterocycles. The van der Waals surface area contributed by atoms with Gasteiger partial charge in [-0.1, -0.05) is 86.1 Å². The van der Waals surface area contributed by atoms with Crippen molar-refractivity contribution in [3.63, 3.8) is 0 Å². The predicted octanol–water partition coefficient (Wildman–Crippen LogP) is 5.30. The van der Waals surface area contributed by atoms with Crippen molar-refractivity contribution < 1.29 is 9.63 Å². The van der Waals surface area contributed by atoms with Crippen LogP contribution in [0.15, 0.2) is 59.8 Å². The third-order valence-corrected chi connectivity index (χ3v) is 4.92. The molecule has 2 aromatic carbocycles. The summed E-state index contributed by atoms with van der Waals surface area (Å²) in [5.41, 5.74) is 2.76. The topological polar surface area (TPSA) is 41.9 Å². The van der Waals surface area contributed by atoms with Gasteiger partial charge in [0.2, 0.25) is 5.91 Å². The summed E-state index contributed by atoms with van der Waals surface area (Å²) in [4.78, 5) is 20.5. The van der Waals surface area contributed by atoms with Gasteiger partial charge in [-0.25, -0.2) is 0 Å². The fraction of sp³-hybridized carbons (Fsp3) is 0.391. The van der Waals surface area contributed by atoms with Gasteiger partial charge in [0.15, 0.2) is 6.10 Å². The van der Waals surface area contributed by atoms with Crippen LogP contribution in [-0.4, -0.2) is 29.2 Å². The first-order valence-electron chi connectivity index (χ1n) is 9.61. The second kappa shape index (κ2) is 8.78. The van der Waals surface area contributed by atoms with Gasteiger partial charge in [0.25, 0.3) is 0 Å². The van der Waals surface area contributed by atoms with Crippen molar-refractivity contribution in [2.24, 2.45) is 10.6 Å². The van der Waals surface area contributed by atoms with E-state index in [0.717, 1.165) is 16.8 Å². The molecule has 0 N–H and O–H groups in total. The van der Waals surface area contributed by atoms with Crippen molar-refractivity contribution >= 4 is 23.2 Å². The minimum Gasteiger partial charge on any atom is -0.390 e. The Bertz CT molecular complexity index is 843. The monoisotopic (exact) mass is 398 g/mol. The molecule has 0 bridgehead atoms. The van der Waals surface area contributed by atoms with E-state index in [1.807, 2.05) is 59.5 Å². The van der Waals surface area contributed by atoms with Crippen LogP contribution in [0.5, 0.6) is 0 Å². The van der Waals surface area contributed by atoms with Crippen LogP contribution in [0.2, 0.25) is 5.02 Å². The predicted molar refractivity (Wildman–Crippen MR) is 113 cm³/mol. The molecule has 1 aliphatic heterocycles. The molecule has 148 valence electrons. The van der Waals surface area contributed by atoms with Crippen molar-refractivity contribution in [3.05, 3.63) is 70.7 Å². The Labute approximate surface area is 172 Å². The third kappa shape index (κ3) is 5.59. The van der Waals surface area contributed by atoms with Gasteiger partial charge in [-0.15, -0.1) is 0 Å². The summed E-state index contributed by atoms with van der Waals surface area (Å²) in [5.74, 6) is 0.131. The van der Waals surface area contributed by atoms with E-state index in [1.165, 1.54) is 0 Å². The number of halogens is 1. The highest BCUT2D eigenvalue weighted by Gasteiger charge is 2.29. The van der Waals surface area contributed by atoms with E-state index in [0.29, 0.717) is 31.0 Å². The van der Waals surface area contributed by atoms with E-state index in [1.54, 1.807) is 0 Å². The molecular weight excluding hydrogens is 372 g/mol. The molecule has 0 aliphatic carbocycles. The lowest BCUT2D eigenvalue weighted by atomic mass is 9.91. The van der Waals surface area contributed by atoms with Gasteiger partial charge >= 0.3 is 0 Å². The number of amides is 1. The van der Waals surface area contributed by atoms with E-state index in [2.05, 4.69) is 25.9 Å². The number of carbonyl (C=O) groups is 1. The first kappa shape index (κ1) is 20.4. The zero-order valence-electron chi connectivity index (χ0n) is 16.7. The largest absolute Gasteiger partial charge is 0.390 e. The Morgan fingerprint density at radius 1 is 1.14 bits per heavy atom. The summed E-state index contributed by atoms with van der Waals surface area (Å²) in [6.45, 7) is 7.31. The zero-order valence-corrected chi connectivity index (χ0v) is 17.4. The molecule has 0 spiro atoms. The van der Waals surface area contributed by atoms with Gasteiger partial charge in [-0.05, 0) is 17.0 Å². The number of hydrogen-bond acceptors (Lipinski definition) is 3. The highest BCUT2D eigenvalue weighted by molar-refractivity contribution is 6.34. The SMILES string of the molecule is CC(C)(C)CC(=O)N(Cc1ccccc1)C[C@H]1CC(c2ccccc2Cl)=NO1. The van der Waals surface area contributed by atoms with Gasteiger partial charge in [-0.3, -0.25) is 4.79 Å². The maximum absolute atomic E-state index is 13.0. The number of oxime groups is 1. The number of benzene rings is 2. The lowest BCUT2D eigenvalue weighted by molar-refractivity contribution is -0.135. The molecule has 4 nitrogen and oxygen atoms in total. The second-order valence-corrected chi connectivity index (χ2v) is 8.85. The van der Waals surface area contributed by atoms with Crippen molar-refractivity contribution in [1.29, 1.82) is 0 Å². The molecule has 0 fully saturated rings. The van der Waals surface area contributed by atoms with Crippen LogP contribution in [0.25, 0.3) is 0 Å². The Hall–Kier alpha value is -2.33. The normalized spacial score (nSPS) is 16.4. The molecule has 5 heteroatoms. The highest BCUT2D eigenvalue weighted by Crippen LogP contribution is 2.25. The summed E-state index contributed by atoms with van der Waals surface area (Å²) >= 11 is 6.29. The van der Waals surface area contributed by atoms with Gasteiger partial charge in [0.1, 0.15) is 0 Å². The lowest BCUT2D eigenvalue weighted by Crippen LogP contribution is -2.38. The fourth-order valence-corrected chi connectivity index (χ4v) is 3.50. The number of nitrogens with zero attached hydrogens (tertiary/aromatic N) is 2. The molecule has 1 heterocycles. The summed E-state index contributed by atoms with van der Waals surface area (Å²) in [5, 5.41) is 4.90. The van der Waals surface area contributed by atoms with E-state index >= 15 is 0 Å². The first-order chi connectivity index (χ1) is 13.3. The Morgan fingerprint density at radius 3 is 2.50 bits per heavy atom. The van der Waals surface area contributed by atoms with Crippen LogP contribution in [0.3, 0.4) is 0 Å². The summed E-state index contributed by atoms with van der Waals surface area (Å²) in [6, 6.07) is 17.7. The van der Waals surface area contributed by atoms with Crippen LogP contribution in [0.1, 0.15) is 44.7 Å². The summed E-state index contributed by atoms with van der Waals surface area (Å²) in [6.07, 6.45) is 0.960. The van der Waals surface area contributed by atoms with Gasteiger partial charge in [0.05, 0.1) is 12.3 Å². The number of hydrogen-bond donors (Lipinski definition) is 0. The Balaban J connectivity index is 1.69. The Morgan fingerprint density at radius 2 is 1.82 bits per heavy atom. The fourth-order valence-electron chi connectivity index (χ4n) is 3.25. The molecular formula is C23H27ClN2O2. The van der Waals surface area contributed by atoms with Crippen LogP contribution < -0.4 is 0 Å². The maximum Gasteiger partial charge on any atom is 0.223 e. The molecule has 3 rings (SSSR count). The van der Waals surface area contributed by atoms with E-state index < -0.39 is 0 Å². The summed E-state index contributed by atoms with van der Waals surface area (Å²) in [7, 11) is 0. The first-order valence-corrected chi connectivity index (χ1v) is 9.99. The standard InChI is InChI=1S/C23H27ClN2O2/c1-23(2,3)14-22(27)26(15-17-9-5-4-6-10-17)16-18-13-21(25-28-18)19-11-7-8-12-20(19)24/h4-12,18H,13-16H2,1-3H3/t18-/m1/s1. The molecule has 1 amide bonds. The molecule has 28 heavy (non-hydrogen) atoms. The molecule has 0 saturated heterocycles. The molecule has 0 saturated carbocycles. The smallest absolute Gasteiger partial charge is 0.223 e. The van der Waals surface area contributed by atoms with Crippen molar-refractivity contribution in [1.82, 2.24) is 4.90 Å². The minimum absolute atomic E-state index is 0.0677. The second-order valence-electron chi connectivity index (χ2n) is 8.45. The average molecular weight is 399 g/mol. The van der Waals surface area contributed by atoms with E-state index in [-0.39, 0.29) is 17.4 Å². The van der Waals surface area contributed by atoms with Crippen molar-refractivity contribution in [3.8, 4) is 0 Å². The van der Waals surface area contributed by atoms with E-state index in [4.69, 9.17) is 16.4 Å². The molecule has 1 aliphatic rings. The van der Waals surface area contributed by atoms with Crippen LogP contribution in [-0.2, 0) is 16.2 Å². The molecule has 2 aromatic rings. The van der Waals surface area contributed by atoms with Crippen molar-refractivity contribution in [2.75, 3.05) is 6.54 Å². The van der Waals surface area contributed by atoms with Gasteiger partial charge < -0.3 is 9.74 Å². The van der Waals surface area contributed by atoms with Crippen LogP contribution in [0.4, 0.5) is 0 Å². The maximum atomic E-state index is 13.0. The van der Waals surface area contributed by atoms with Crippen LogP contribution in [0, 0.1) is 5.41 Å². The summed E-state index contributed by atoms with van der Waals surface area (Å²) < 4.78 is 0. The Kier molecular flexibility index (Phi) is 6.40. The molecule has 1 atom stereocenters.